The maximum Gasteiger partial charge on any atom is 0.416 e. The molecule has 0 spiro atoms. The minimum absolute atomic E-state index is 0.0673. The summed E-state index contributed by atoms with van der Waals surface area (Å²) in [5, 5.41) is 3.55. The first-order valence-corrected chi connectivity index (χ1v) is 12.0. The van der Waals surface area contributed by atoms with E-state index < -0.39 is 11.7 Å². The summed E-state index contributed by atoms with van der Waals surface area (Å²) in [4.78, 5) is 15.7. The maximum atomic E-state index is 13.2. The molecule has 1 N–H and O–H groups in total. The summed E-state index contributed by atoms with van der Waals surface area (Å²) in [6.45, 7) is 7.21. The number of hydrogen-bond donors (Lipinski definition) is 1. The highest BCUT2D eigenvalue weighted by Crippen LogP contribution is 2.32. The molecule has 3 aromatic rings. The van der Waals surface area contributed by atoms with Gasteiger partial charge in [-0.05, 0) is 30.2 Å². The van der Waals surface area contributed by atoms with Crippen LogP contribution in [0.25, 0.3) is 11.2 Å². The van der Waals surface area contributed by atoms with E-state index in [2.05, 4.69) is 32.1 Å². The van der Waals surface area contributed by atoms with E-state index in [0.29, 0.717) is 35.7 Å². The summed E-state index contributed by atoms with van der Waals surface area (Å²) >= 11 is 6.22. The fraction of sp³-hybridized carbons (Fsp3) is 0.522. The van der Waals surface area contributed by atoms with Crippen molar-refractivity contribution >= 4 is 28.6 Å². The Kier molecular flexibility index (Phi) is 8.30. The lowest BCUT2D eigenvalue weighted by Gasteiger charge is -2.26. The second-order valence-electron chi connectivity index (χ2n) is 8.29. The van der Waals surface area contributed by atoms with Crippen LogP contribution < -0.4 is 10.1 Å². The van der Waals surface area contributed by atoms with Crippen LogP contribution in [0.5, 0.6) is 6.01 Å². The van der Waals surface area contributed by atoms with Gasteiger partial charge in [0.2, 0.25) is 0 Å². The van der Waals surface area contributed by atoms with Gasteiger partial charge in [-0.15, -0.1) is 0 Å². The van der Waals surface area contributed by atoms with Gasteiger partial charge in [-0.1, -0.05) is 24.9 Å². The lowest BCUT2D eigenvalue weighted by molar-refractivity contribution is -0.137. The first kappa shape index (κ1) is 25.5. The Labute approximate surface area is 206 Å². The van der Waals surface area contributed by atoms with E-state index in [0.717, 1.165) is 57.8 Å². The Morgan fingerprint density at radius 2 is 2.00 bits per heavy atom. The van der Waals surface area contributed by atoms with Crippen molar-refractivity contribution in [3.05, 3.63) is 40.7 Å². The van der Waals surface area contributed by atoms with E-state index in [1.54, 1.807) is 4.57 Å². The van der Waals surface area contributed by atoms with Gasteiger partial charge in [0.25, 0.3) is 0 Å². The number of ether oxygens (including phenoxy) is 2. The summed E-state index contributed by atoms with van der Waals surface area (Å²) in [5.41, 5.74) is 0.520. The van der Waals surface area contributed by atoms with Crippen LogP contribution in [0.15, 0.2) is 24.5 Å². The van der Waals surface area contributed by atoms with E-state index in [1.165, 1.54) is 12.4 Å². The van der Waals surface area contributed by atoms with Crippen molar-refractivity contribution in [1.82, 2.24) is 24.4 Å². The fourth-order valence-electron chi connectivity index (χ4n) is 3.75. The summed E-state index contributed by atoms with van der Waals surface area (Å²) in [5.74, 6) is 0.517. The summed E-state index contributed by atoms with van der Waals surface area (Å²) in [7, 11) is 0. The molecule has 1 aliphatic heterocycles. The topological polar surface area (TPSA) is 77.3 Å². The molecule has 4 rings (SSSR count). The molecule has 12 heteroatoms. The molecule has 0 atom stereocenters. The van der Waals surface area contributed by atoms with Crippen LogP contribution in [0, 0.1) is 0 Å². The van der Waals surface area contributed by atoms with Crippen LogP contribution in [0.3, 0.4) is 0 Å². The molecule has 0 aliphatic carbocycles. The third-order valence-corrected chi connectivity index (χ3v) is 6.08. The molecule has 1 saturated heterocycles. The first-order valence-electron chi connectivity index (χ1n) is 11.6. The second kappa shape index (κ2) is 11.4. The van der Waals surface area contributed by atoms with Crippen LogP contribution >= 0.6 is 11.6 Å². The number of rotatable bonds is 10. The Balaban J connectivity index is 1.60. The highest BCUT2D eigenvalue weighted by Gasteiger charge is 2.31. The average molecular weight is 513 g/mol. The number of nitrogens with zero attached hydrogens (tertiary/aromatic N) is 5. The molecular weight excluding hydrogens is 485 g/mol. The van der Waals surface area contributed by atoms with E-state index in [1.807, 2.05) is 0 Å². The quantitative estimate of drug-likeness (QED) is 0.402. The zero-order valence-corrected chi connectivity index (χ0v) is 20.2. The molecule has 1 fully saturated rings. The predicted molar refractivity (Wildman–Crippen MR) is 127 cm³/mol. The number of unbranched alkanes of at least 4 members (excludes halogenated alkanes) is 1. The SMILES string of the molecule is CCCCOc1nc(NCCN2CCOCC2)c2ncn(Cc3cc(C(F)(F)F)ccc3Cl)c2n1. The van der Waals surface area contributed by atoms with Crippen molar-refractivity contribution in [3.63, 3.8) is 0 Å². The van der Waals surface area contributed by atoms with Crippen molar-refractivity contribution in [3.8, 4) is 6.01 Å². The van der Waals surface area contributed by atoms with E-state index in [4.69, 9.17) is 21.1 Å². The van der Waals surface area contributed by atoms with Crippen molar-refractivity contribution in [2.45, 2.75) is 32.5 Å². The van der Waals surface area contributed by atoms with Gasteiger partial charge in [0.1, 0.15) is 0 Å². The smallest absolute Gasteiger partial charge is 0.416 e. The molecule has 190 valence electrons. The first-order chi connectivity index (χ1) is 16.8. The number of alkyl halides is 3. The molecule has 8 nitrogen and oxygen atoms in total. The Hall–Kier alpha value is -2.63. The van der Waals surface area contributed by atoms with E-state index >= 15 is 0 Å². The molecule has 0 bridgehead atoms. The van der Waals surface area contributed by atoms with Gasteiger partial charge in [-0.25, -0.2) is 4.98 Å². The molecule has 1 aliphatic rings. The van der Waals surface area contributed by atoms with Crippen LogP contribution in [-0.4, -0.2) is 70.4 Å². The average Bonchev–Trinajstić information content (AvgIpc) is 3.23. The highest BCUT2D eigenvalue weighted by molar-refractivity contribution is 6.31. The molecule has 0 unspecified atom stereocenters. The lowest BCUT2D eigenvalue weighted by atomic mass is 10.1. The number of anilines is 1. The number of aromatic nitrogens is 4. The van der Waals surface area contributed by atoms with Crippen LogP contribution in [0.4, 0.5) is 19.0 Å². The molecular formula is C23H28ClF3N6O2. The van der Waals surface area contributed by atoms with E-state index in [-0.39, 0.29) is 17.6 Å². The summed E-state index contributed by atoms with van der Waals surface area (Å²) < 4.78 is 52.4. The minimum atomic E-state index is -4.46. The van der Waals surface area contributed by atoms with Gasteiger partial charge in [0, 0.05) is 31.2 Å². The molecule has 1 aromatic carbocycles. The number of halogens is 4. The normalized spacial score (nSPS) is 15.0. The Morgan fingerprint density at radius 1 is 1.20 bits per heavy atom. The van der Waals surface area contributed by atoms with Crippen LogP contribution in [0.2, 0.25) is 5.02 Å². The number of fused-ring (bicyclic) bond motifs is 1. The van der Waals surface area contributed by atoms with Gasteiger partial charge in [0.05, 0.1) is 38.3 Å². The molecule has 0 amide bonds. The standard InChI is InChI=1S/C23H28ClF3N6O2/c1-2-3-10-35-22-30-20(28-6-7-32-8-11-34-12-9-32)19-21(31-22)33(15-29-19)14-16-13-17(23(25,26)27)4-5-18(16)24/h4-5,13,15H,2-3,6-12,14H2,1H3,(H,28,30,31). The molecule has 3 heterocycles. The number of imidazole rings is 1. The van der Waals surface area contributed by atoms with E-state index in [9.17, 15) is 13.2 Å². The maximum absolute atomic E-state index is 13.2. The minimum Gasteiger partial charge on any atom is -0.463 e. The van der Waals surface area contributed by atoms with Crippen molar-refractivity contribution in [2.24, 2.45) is 0 Å². The van der Waals surface area contributed by atoms with Crippen LogP contribution in [-0.2, 0) is 17.5 Å². The summed E-state index contributed by atoms with van der Waals surface area (Å²) in [6, 6.07) is 3.47. The van der Waals surface area contributed by atoms with Gasteiger partial charge in [-0.2, -0.15) is 23.1 Å². The van der Waals surface area contributed by atoms with Gasteiger partial charge in [-0.3, -0.25) is 4.90 Å². The van der Waals surface area contributed by atoms with Crippen LogP contribution in [0.1, 0.15) is 30.9 Å². The molecule has 0 radical (unpaired) electrons. The Bertz CT molecular complexity index is 1130. The third-order valence-electron chi connectivity index (χ3n) is 5.71. The van der Waals surface area contributed by atoms with Crippen molar-refractivity contribution in [2.75, 3.05) is 51.3 Å². The molecule has 0 saturated carbocycles. The summed E-state index contributed by atoms with van der Waals surface area (Å²) in [6.07, 6.45) is -1.13. The van der Waals surface area contributed by atoms with Gasteiger partial charge >= 0.3 is 12.2 Å². The lowest BCUT2D eigenvalue weighted by Crippen LogP contribution is -2.39. The number of benzene rings is 1. The number of nitrogens with one attached hydrogen (secondary N) is 1. The zero-order chi connectivity index (χ0) is 24.8. The fourth-order valence-corrected chi connectivity index (χ4v) is 3.93. The zero-order valence-electron chi connectivity index (χ0n) is 19.4. The van der Waals surface area contributed by atoms with Gasteiger partial charge < -0.3 is 19.4 Å². The monoisotopic (exact) mass is 512 g/mol. The number of morpholine rings is 1. The highest BCUT2D eigenvalue weighted by atomic mass is 35.5. The molecule has 2 aromatic heterocycles. The van der Waals surface area contributed by atoms with Crippen molar-refractivity contribution in [1.29, 1.82) is 0 Å². The van der Waals surface area contributed by atoms with Gasteiger partial charge in [0.15, 0.2) is 17.0 Å². The largest absolute Gasteiger partial charge is 0.463 e. The van der Waals surface area contributed by atoms with Crippen molar-refractivity contribution < 1.29 is 22.6 Å². The predicted octanol–water partition coefficient (Wildman–Crippen LogP) is 4.47. The number of hydrogen-bond acceptors (Lipinski definition) is 7. The second-order valence-corrected chi connectivity index (χ2v) is 8.69. The Morgan fingerprint density at radius 3 is 2.74 bits per heavy atom. The third kappa shape index (κ3) is 6.53. The molecule has 35 heavy (non-hydrogen) atoms.